The molecule has 0 bridgehead atoms. The molecule has 4 nitrogen and oxygen atoms in total. The van der Waals surface area contributed by atoms with Gasteiger partial charge in [0.15, 0.2) is 0 Å². The maximum absolute atomic E-state index is 11.4. The highest BCUT2D eigenvalue weighted by Crippen LogP contribution is 2.15. The van der Waals surface area contributed by atoms with Crippen molar-refractivity contribution in [3.05, 3.63) is 29.8 Å². The molecular formula is C9H10ClNO3S. The Kier molecular flexibility index (Phi) is 3.36. The molecule has 1 aromatic rings. The third kappa shape index (κ3) is 2.94. The predicted octanol–water partition coefficient (Wildman–Crippen LogP) is 1.32. The zero-order valence-corrected chi connectivity index (χ0v) is 9.84. The van der Waals surface area contributed by atoms with Crippen molar-refractivity contribution in [1.82, 2.24) is 4.90 Å². The van der Waals surface area contributed by atoms with E-state index in [1.165, 1.54) is 29.2 Å². The average Bonchev–Trinajstić information content (AvgIpc) is 2.15. The van der Waals surface area contributed by atoms with Crippen molar-refractivity contribution in [3.63, 3.8) is 0 Å². The summed E-state index contributed by atoms with van der Waals surface area (Å²) in [7, 11) is 4.65. The van der Waals surface area contributed by atoms with E-state index in [2.05, 4.69) is 0 Å². The number of carbonyl (C=O) groups is 1. The van der Waals surface area contributed by atoms with Gasteiger partial charge < -0.3 is 4.90 Å². The molecule has 1 rings (SSSR count). The van der Waals surface area contributed by atoms with Crippen LogP contribution in [0.1, 0.15) is 10.4 Å². The van der Waals surface area contributed by atoms with Crippen LogP contribution in [0, 0.1) is 0 Å². The largest absolute Gasteiger partial charge is 0.345 e. The molecule has 1 amide bonds. The van der Waals surface area contributed by atoms with Crippen LogP contribution in [0.3, 0.4) is 0 Å². The molecule has 0 aliphatic heterocycles. The zero-order valence-electron chi connectivity index (χ0n) is 8.27. The van der Waals surface area contributed by atoms with Gasteiger partial charge in [-0.3, -0.25) is 4.79 Å². The van der Waals surface area contributed by atoms with E-state index < -0.39 is 9.05 Å². The Morgan fingerprint density at radius 3 is 2.00 bits per heavy atom. The Morgan fingerprint density at radius 2 is 1.67 bits per heavy atom. The minimum Gasteiger partial charge on any atom is -0.345 e. The molecule has 0 saturated heterocycles. The highest BCUT2D eigenvalue weighted by atomic mass is 35.7. The summed E-state index contributed by atoms with van der Waals surface area (Å²) in [6.45, 7) is 0. The average molecular weight is 248 g/mol. The van der Waals surface area contributed by atoms with Gasteiger partial charge in [0.2, 0.25) is 0 Å². The highest BCUT2D eigenvalue weighted by molar-refractivity contribution is 8.13. The number of nitrogens with zero attached hydrogens (tertiary/aromatic N) is 1. The Morgan fingerprint density at radius 1 is 1.20 bits per heavy atom. The first-order valence-electron chi connectivity index (χ1n) is 4.09. The van der Waals surface area contributed by atoms with E-state index in [4.69, 9.17) is 10.7 Å². The number of benzene rings is 1. The van der Waals surface area contributed by atoms with Crippen LogP contribution >= 0.6 is 10.7 Å². The second-order valence-corrected chi connectivity index (χ2v) is 5.73. The fraction of sp³-hybridized carbons (Fsp3) is 0.222. The van der Waals surface area contributed by atoms with E-state index in [1.54, 1.807) is 14.1 Å². The Balaban J connectivity index is 3.06. The summed E-state index contributed by atoms with van der Waals surface area (Å²) in [5.41, 5.74) is 0.420. The molecule has 0 heterocycles. The third-order valence-electron chi connectivity index (χ3n) is 1.79. The summed E-state index contributed by atoms with van der Waals surface area (Å²) in [6.07, 6.45) is 0. The Bertz CT molecular complexity index is 465. The van der Waals surface area contributed by atoms with Gasteiger partial charge in [0, 0.05) is 30.3 Å². The third-order valence-corrected chi connectivity index (χ3v) is 3.16. The summed E-state index contributed by atoms with van der Waals surface area (Å²) < 4.78 is 21.8. The molecule has 0 fully saturated rings. The maximum Gasteiger partial charge on any atom is 0.261 e. The minimum absolute atomic E-state index is 0.0144. The Labute approximate surface area is 92.9 Å². The monoisotopic (exact) mass is 247 g/mol. The molecule has 0 radical (unpaired) electrons. The van der Waals surface area contributed by atoms with Gasteiger partial charge >= 0.3 is 0 Å². The molecule has 15 heavy (non-hydrogen) atoms. The van der Waals surface area contributed by atoms with Crippen LogP contribution in [0.25, 0.3) is 0 Å². The van der Waals surface area contributed by atoms with E-state index in [0.29, 0.717) is 5.56 Å². The summed E-state index contributed by atoms with van der Waals surface area (Å²) in [6, 6.07) is 5.47. The van der Waals surface area contributed by atoms with Gasteiger partial charge in [-0.25, -0.2) is 8.42 Å². The summed E-state index contributed by atoms with van der Waals surface area (Å²) in [4.78, 5) is 12.8. The van der Waals surface area contributed by atoms with Crippen molar-refractivity contribution >= 4 is 25.6 Å². The quantitative estimate of drug-likeness (QED) is 0.741. The fourth-order valence-electron chi connectivity index (χ4n) is 1.02. The molecule has 0 aliphatic carbocycles. The van der Waals surface area contributed by atoms with Crippen LogP contribution in [0.4, 0.5) is 0 Å². The summed E-state index contributed by atoms with van der Waals surface area (Å²) in [5, 5.41) is 0. The van der Waals surface area contributed by atoms with Gasteiger partial charge in [-0.05, 0) is 24.3 Å². The topological polar surface area (TPSA) is 54.5 Å². The molecular weight excluding hydrogens is 238 g/mol. The lowest BCUT2D eigenvalue weighted by atomic mass is 10.2. The van der Waals surface area contributed by atoms with Crippen LogP contribution in [-0.4, -0.2) is 33.3 Å². The molecule has 0 atom stereocenters. The highest BCUT2D eigenvalue weighted by Gasteiger charge is 2.12. The van der Waals surface area contributed by atoms with Crippen LogP contribution < -0.4 is 0 Å². The molecule has 1 aromatic carbocycles. The fourth-order valence-corrected chi connectivity index (χ4v) is 1.79. The normalized spacial score (nSPS) is 11.1. The van der Waals surface area contributed by atoms with Gasteiger partial charge in [-0.15, -0.1) is 0 Å². The van der Waals surface area contributed by atoms with E-state index in [-0.39, 0.29) is 10.8 Å². The number of halogens is 1. The van der Waals surface area contributed by atoms with Crippen molar-refractivity contribution in [2.24, 2.45) is 0 Å². The second kappa shape index (κ2) is 4.20. The predicted molar refractivity (Wildman–Crippen MR) is 57.5 cm³/mol. The summed E-state index contributed by atoms with van der Waals surface area (Å²) >= 11 is 0. The molecule has 6 heteroatoms. The van der Waals surface area contributed by atoms with Gasteiger partial charge in [0.1, 0.15) is 0 Å². The van der Waals surface area contributed by atoms with Crippen molar-refractivity contribution in [3.8, 4) is 0 Å². The number of carbonyl (C=O) groups excluding carboxylic acids is 1. The van der Waals surface area contributed by atoms with Crippen molar-refractivity contribution in [2.75, 3.05) is 14.1 Å². The van der Waals surface area contributed by atoms with Gasteiger partial charge in [0.05, 0.1) is 4.90 Å². The van der Waals surface area contributed by atoms with E-state index in [1.807, 2.05) is 0 Å². The van der Waals surface area contributed by atoms with Crippen LogP contribution in [0.5, 0.6) is 0 Å². The van der Waals surface area contributed by atoms with Gasteiger partial charge in [-0.1, -0.05) is 0 Å². The molecule has 0 N–H and O–H groups in total. The first kappa shape index (κ1) is 12.0. The van der Waals surface area contributed by atoms with Crippen LogP contribution in [-0.2, 0) is 9.05 Å². The standard InChI is InChI=1S/C9H10ClNO3S/c1-11(2)9(12)7-3-5-8(6-4-7)15(10,13)14/h3-6H,1-2H3. The first-order valence-corrected chi connectivity index (χ1v) is 6.39. The van der Waals surface area contributed by atoms with Gasteiger partial charge in [0.25, 0.3) is 15.0 Å². The molecule has 0 spiro atoms. The minimum atomic E-state index is -3.72. The van der Waals surface area contributed by atoms with Crippen molar-refractivity contribution in [1.29, 1.82) is 0 Å². The van der Waals surface area contributed by atoms with Crippen molar-refractivity contribution in [2.45, 2.75) is 4.90 Å². The molecule has 0 unspecified atom stereocenters. The number of rotatable bonds is 2. The van der Waals surface area contributed by atoms with Gasteiger partial charge in [-0.2, -0.15) is 0 Å². The summed E-state index contributed by atoms with van der Waals surface area (Å²) in [5.74, 6) is -0.187. The van der Waals surface area contributed by atoms with E-state index in [0.717, 1.165) is 0 Å². The lowest BCUT2D eigenvalue weighted by Crippen LogP contribution is -2.21. The molecule has 82 valence electrons. The lowest BCUT2D eigenvalue weighted by molar-refractivity contribution is 0.0827. The second-order valence-electron chi connectivity index (χ2n) is 3.16. The number of hydrogen-bond donors (Lipinski definition) is 0. The molecule has 0 aromatic heterocycles. The van der Waals surface area contributed by atoms with E-state index >= 15 is 0 Å². The number of amides is 1. The van der Waals surface area contributed by atoms with Crippen LogP contribution in [0.15, 0.2) is 29.2 Å². The zero-order chi connectivity index (χ0) is 11.6. The number of hydrogen-bond acceptors (Lipinski definition) is 3. The smallest absolute Gasteiger partial charge is 0.261 e. The van der Waals surface area contributed by atoms with Crippen LogP contribution in [0.2, 0.25) is 0 Å². The SMILES string of the molecule is CN(C)C(=O)c1ccc(S(=O)(=O)Cl)cc1. The Hall–Kier alpha value is -1.07. The van der Waals surface area contributed by atoms with Crippen molar-refractivity contribution < 1.29 is 13.2 Å². The first-order chi connectivity index (χ1) is 6.82. The lowest BCUT2D eigenvalue weighted by Gasteiger charge is -2.09. The van der Waals surface area contributed by atoms with E-state index in [9.17, 15) is 13.2 Å². The molecule has 0 aliphatic rings. The maximum atomic E-state index is 11.4. The molecule has 0 saturated carbocycles.